The Balaban J connectivity index is 1.60. The van der Waals surface area contributed by atoms with Crippen molar-refractivity contribution in [3.8, 4) is 0 Å². The highest BCUT2D eigenvalue weighted by Gasteiger charge is 2.41. The smallest absolute Gasteiger partial charge is 0.165 e. The van der Waals surface area contributed by atoms with Crippen molar-refractivity contribution in [3.05, 3.63) is 48.5 Å². The van der Waals surface area contributed by atoms with E-state index in [0.717, 1.165) is 5.56 Å². The van der Waals surface area contributed by atoms with E-state index in [1.807, 2.05) is 34.9 Å². The van der Waals surface area contributed by atoms with Gasteiger partial charge in [0.25, 0.3) is 0 Å². The maximum absolute atomic E-state index is 10.3. The Morgan fingerprint density at radius 1 is 1.15 bits per heavy atom. The summed E-state index contributed by atoms with van der Waals surface area (Å²) in [6, 6.07) is 9.34. The minimum atomic E-state index is -1.19. The predicted octanol–water partition coefficient (Wildman–Crippen LogP) is 0.0804. The Hall–Kier alpha value is -2.59. The summed E-state index contributed by atoms with van der Waals surface area (Å²) in [4.78, 5) is 13.0. The molecule has 0 aliphatic carbocycles. The molecule has 0 bridgehead atoms. The highest BCUT2D eigenvalue weighted by Crippen LogP contribution is 2.24. The van der Waals surface area contributed by atoms with E-state index in [9.17, 15) is 10.2 Å². The highest BCUT2D eigenvalue weighted by molar-refractivity contribution is 5.82. The summed E-state index contributed by atoms with van der Waals surface area (Å²) in [5.41, 5.74) is 8.17. The molecule has 1 aromatic carbocycles. The molecular weight excluding hydrogens is 348 g/mol. The van der Waals surface area contributed by atoms with Gasteiger partial charge in [0, 0.05) is 0 Å². The minimum Gasteiger partial charge on any atom is -0.389 e. The molecule has 27 heavy (non-hydrogen) atoms. The fraction of sp³-hybridized carbons (Fsp3) is 0.389. The molecule has 9 heteroatoms. The van der Waals surface area contributed by atoms with E-state index in [1.165, 1.54) is 6.33 Å². The van der Waals surface area contributed by atoms with E-state index in [-0.39, 0.29) is 0 Å². The number of fused-ring (bicyclic) bond motifs is 1. The number of aromatic nitrogens is 4. The van der Waals surface area contributed by atoms with E-state index in [1.54, 1.807) is 13.3 Å². The third-order valence-corrected chi connectivity index (χ3v) is 4.83. The maximum Gasteiger partial charge on any atom is 0.165 e. The van der Waals surface area contributed by atoms with E-state index in [0.29, 0.717) is 23.5 Å². The zero-order valence-corrected chi connectivity index (χ0v) is 14.8. The molecule has 0 radical (unpaired) electrons. The van der Waals surface area contributed by atoms with Crippen molar-refractivity contribution >= 4 is 17.0 Å². The molecule has 0 amide bonds. The summed E-state index contributed by atoms with van der Waals surface area (Å²) in [6.07, 6.45) is -0.439. The van der Waals surface area contributed by atoms with Crippen molar-refractivity contribution < 1.29 is 14.9 Å². The quantitative estimate of drug-likeness (QED) is 0.508. The number of aliphatic hydroxyl groups is 2. The topological polar surface area (TPSA) is 131 Å². The van der Waals surface area contributed by atoms with Crippen LogP contribution in [0.1, 0.15) is 12.5 Å². The number of rotatable bonds is 4. The molecule has 2 aromatic heterocycles. The van der Waals surface area contributed by atoms with Crippen LogP contribution in [0.4, 0.5) is 5.82 Å². The second kappa shape index (κ2) is 7.20. The van der Waals surface area contributed by atoms with Gasteiger partial charge in [-0.3, -0.25) is 0 Å². The van der Waals surface area contributed by atoms with Gasteiger partial charge in [0.15, 0.2) is 23.2 Å². The zero-order valence-electron chi connectivity index (χ0n) is 14.8. The molecule has 4 rings (SSSR count). The van der Waals surface area contributed by atoms with Crippen LogP contribution in [-0.4, -0.2) is 60.3 Å². The van der Waals surface area contributed by atoms with Gasteiger partial charge in [0.05, 0.1) is 25.0 Å². The lowest BCUT2D eigenvalue weighted by Crippen LogP contribution is -2.62. The second-order valence-electron chi connectivity index (χ2n) is 6.72. The Morgan fingerprint density at radius 3 is 2.70 bits per heavy atom. The van der Waals surface area contributed by atoms with Crippen LogP contribution < -0.4 is 11.1 Å². The first-order valence-corrected chi connectivity index (χ1v) is 8.78. The first kappa shape index (κ1) is 17.8. The Morgan fingerprint density at radius 2 is 1.93 bits per heavy atom. The van der Waals surface area contributed by atoms with Crippen molar-refractivity contribution in [2.45, 2.75) is 44.1 Å². The first-order valence-electron chi connectivity index (χ1n) is 8.78. The Labute approximate surface area is 155 Å². The fourth-order valence-electron chi connectivity index (χ4n) is 3.22. The van der Waals surface area contributed by atoms with Crippen LogP contribution in [0.15, 0.2) is 43.0 Å². The molecule has 3 heterocycles. The lowest BCUT2D eigenvalue weighted by Gasteiger charge is -2.40. The third kappa shape index (κ3) is 3.37. The van der Waals surface area contributed by atoms with Crippen molar-refractivity contribution in [1.29, 1.82) is 0 Å². The number of nitrogens with two attached hydrogens (primary N) is 1. The van der Waals surface area contributed by atoms with Crippen LogP contribution in [0.3, 0.4) is 0 Å². The molecule has 9 nitrogen and oxygen atoms in total. The van der Waals surface area contributed by atoms with Crippen molar-refractivity contribution in [3.63, 3.8) is 0 Å². The van der Waals surface area contributed by atoms with E-state index >= 15 is 0 Å². The van der Waals surface area contributed by atoms with Gasteiger partial charge in [0.2, 0.25) is 0 Å². The Kier molecular flexibility index (Phi) is 4.75. The SMILES string of the molecule is C[C@@H]1O[C@H](Nc2ncnc3c2ncn3Cc2ccccc2)[C@H](O)[C@H](O)[C@H]1N. The number of aliphatic hydroxyl groups excluding tert-OH is 2. The van der Waals surface area contributed by atoms with Gasteiger partial charge in [-0.2, -0.15) is 0 Å². The summed E-state index contributed by atoms with van der Waals surface area (Å²) >= 11 is 0. The molecule has 5 atom stereocenters. The van der Waals surface area contributed by atoms with Gasteiger partial charge >= 0.3 is 0 Å². The van der Waals surface area contributed by atoms with Gasteiger partial charge in [-0.15, -0.1) is 0 Å². The van der Waals surface area contributed by atoms with Gasteiger partial charge in [-0.25, -0.2) is 15.0 Å². The number of ether oxygens (including phenoxy) is 1. The van der Waals surface area contributed by atoms with E-state index in [4.69, 9.17) is 10.5 Å². The lowest BCUT2D eigenvalue weighted by molar-refractivity contribution is -0.163. The van der Waals surface area contributed by atoms with Gasteiger partial charge in [0.1, 0.15) is 18.5 Å². The molecule has 142 valence electrons. The van der Waals surface area contributed by atoms with Crippen LogP contribution in [0, 0.1) is 0 Å². The largest absolute Gasteiger partial charge is 0.389 e. The number of hydrogen-bond donors (Lipinski definition) is 4. The number of imidazole rings is 1. The molecule has 1 saturated heterocycles. The minimum absolute atomic E-state index is 0.422. The number of hydrogen-bond acceptors (Lipinski definition) is 8. The number of nitrogens with zero attached hydrogens (tertiary/aromatic N) is 4. The normalized spacial score (nSPS) is 28.4. The summed E-state index contributed by atoms with van der Waals surface area (Å²) in [5.74, 6) is 0.422. The van der Waals surface area contributed by atoms with E-state index < -0.39 is 30.6 Å². The van der Waals surface area contributed by atoms with Gasteiger partial charge in [-0.05, 0) is 12.5 Å². The van der Waals surface area contributed by atoms with Crippen LogP contribution in [0.2, 0.25) is 0 Å². The predicted molar refractivity (Wildman–Crippen MR) is 98.8 cm³/mol. The van der Waals surface area contributed by atoms with Crippen LogP contribution in [-0.2, 0) is 11.3 Å². The second-order valence-corrected chi connectivity index (χ2v) is 6.72. The average Bonchev–Trinajstić information content (AvgIpc) is 3.09. The summed E-state index contributed by atoms with van der Waals surface area (Å²) in [6.45, 7) is 2.37. The summed E-state index contributed by atoms with van der Waals surface area (Å²) in [7, 11) is 0. The fourth-order valence-corrected chi connectivity index (χ4v) is 3.22. The maximum atomic E-state index is 10.3. The molecule has 1 aliphatic rings. The average molecular weight is 370 g/mol. The molecule has 1 fully saturated rings. The lowest BCUT2D eigenvalue weighted by atomic mass is 9.97. The summed E-state index contributed by atoms with van der Waals surface area (Å²) < 4.78 is 7.62. The highest BCUT2D eigenvalue weighted by atomic mass is 16.5. The Bertz CT molecular complexity index is 918. The standard InChI is InChI=1S/C18H22N6O3/c1-10-12(19)14(25)15(26)18(27-10)23-16-13-17(21-8-20-16)24(9-22-13)7-11-5-3-2-4-6-11/h2-6,8-10,12,14-15,18,25-26H,7,19H2,1H3,(H,20,21,23)/t10-,12-,14+,15+,18-/m0/s1. The monoisotopic (exact) mass is 370 g/mol. The van der Waals surface area contributed by atoms with Gasteiger partial charge < -0.3 is 30.6 Å². The first-order chi connectivity index (χ1) is 13.0. The van der Waals surface area contributed by atoms with Crippen LogP contribution in [0.5, 0.6) is 0 Å². The number of benzene rings is 1. The molecule has 0 saturated carbocycles. The van der Waals surface area contributed by atoms with Crippen molar-refractivity contribution in [1.82, 2.24) is 19.5 Å². The molecule has 3 aromatic rings. The molecule has 1 aliphatic heterocycles. The summed E-state index contributed by atoms with van der Waals surface area (Å²) in [5, 5.41) is 23.4. The zero-order chi connectivity index (χ0) is 19.0. The van der Waals surface area contributed by atoms with Crippen molar-refractivity contribution in [2.75, 3.05) is 5.32 Å². The van der Waals surface area contributed by atoms with Crippen LogP contribution in [0.25, 0.3) is 11.2 Å². The molecule has 0 spiro atoms. The number of nitrogens with one attached hydrogen (secondary N) is 1. The number of anilines is 1. The van der Waals surface area contributed by atoms with Crippen molar-refractivity contribution in [2.24, 2.45) is 5.73 Å². The molecular formula is C18H22N6O3. The molecule has 5 N–H and O–H groups in total. The molecule has 0 unspecified atom stereocenters. The third-order valence-electron chi connectivity index (χ3n) is 4.83. The van der Waals surface area contributed by atoms with Gasteiger partial charge in [-0.1, -0.05) is 30.3 Å². The van der Waals surface area contributed by atoms with Crippen LogP contribution >= 0.6 is 0 Å². The van der Waals surface area contributed by atoms with E-state index in [2.05, 4.69) is 20.3 Å².